The average Bonchev–Trinajstić information content (AvgIpc) is 3.00. The van der Waals surface area contributed by atoms with Crippen molar-refractivity contribution < 1.29 is 39.5 Å². The third-order valence-corrected chi connectivity index (χ3v) is 8.11. The molecule has 0 aromatic rings. The van der Waals surface area contributed by atoms with Crippen molar-refractivity contribution in [2.75, 3.05) is 0 Å². The molecule has 1 fully saturated rings. The van der Waals surface area contributed by atoms with Crippen LogP contribution in [0.4, 0.5) is 0 Å². The van der Waals surface area contributed by atoms with Crippen LogP contribution in [0, 0.1) is 11.3 Å². The van der Waals surface area contributed by atoms with Crippen molar-refractivity contribution in [1.82, 2.24) is 0 Å². The molecule has 0 saturated carbocycles. The topological polar surface area (TPSA) is 134 Å². The van der Waals surface area contributed by atoms with E-state index in [2.05, 4.69) is 0 Å². The van der Waals surface area contributed by atoms with Gasteiger partial charge >= 0.3 is 0 Å². The van der Waals surface area contributed by atoms with Gasteiger partial charge in [0.2, 0.25) is 5.79 Å². The van der Waals surface area contributed by atoms with E-state index in [4.69, 9.17) is 9.47 Å². The summed E-state index contributed by atoms with van der Waals surface area (Å²) in [6, 6.07) is 0. The third kappa shape index (κ3) is 3.17. The van der Waals surface area contributed by atoms with Gasteiger partial charge in [-0.3, -0.25) is 9.59 Å². The molecule has 8 heteroatoms. The van der Waals surface area contributed by atoms with Crippen LogP contribution in [0.15, 0.2) is 70.5 Å². The fraction of sp³-hybridized carbons (Fsp3) is 0.500. The minimum Gasteiger partial charge on any atom is -0.508 e. The van der Waals surface area contributed by atoms with E-state index in [0.717, 1.165) is 0 Å². The molecular formula is C28H34O8. The van der Waals surface area contributed by atoms with Crippen LogP contribution in [0.3, 0.4) is 0 Å². The zero-order chi connectivity index (χ0) is 26.8. The second kappa shape index (κ2) is 8.30. The first kappa shape index (κ1) is 26.1. The molecule has 0 radical (unpaired) electrons. The Bertz CT molecular complexity index is 1210. The highest BCUT2D eigenvalue weighted by molar-refractivity contribution is 6.05. The van der Waals surface area contributed by atoms with Gasteiger partial charge in [0.15, 0.2) is 11.6 Å². The number of carbonyl (C=O) groups is 2. The van der Waals surface area contributed by atoms with Gasteiger partial charge in [0.1, 0.15) is 34.6 Å². The molecule has 2 heterocycles. The van der Waals surface area contributed by atoms with Gasteiger partial charge < -0.3 is 29.9 Å². The number of aliphatic hydroxyl groups excluding tert-OH is 2. The van der Waals surface area contributed by atoms with Crippen LogP contribution in [0.1, 0.15) is 54.4 Å². The molecule has 1 saturated heterocycles. The Labute approximate surface area is 210 Å². The van der Waals surface area contributed by atoms with Crippen molar-refractivity contribution in [2.24, 2.45) is 11.3 Å². The van der Waals surface area contributed by atoms with E-state index in [1.165, 1.54) is 26.8 Å². The molecule has 0 amide bonds. The van der Waals surface area contributed by atoms with Gasteiger partial charge in [0, 0.05) is 29.1 Å². The second-order valence-electron chi connectivity index (χ2n) is 10.5. The maximum atomic E-state index is 13.6. The Balaban J connectivity index is 2.09. The first-order valence-electron chi connectivity index (χ1n) is 12.1. The molecule has 4 N–H and O–H groups in total. The maximum absolute atomic E-state index is 13.6. The molecule has 0 aromatic carbocycles. The fourth-order valence-electron chi connectivity index (χ4n) is 6.45. The molecule has 4 rings (SSSR count). The lowest BCUT2D eigenvalue weighted by Crippen LogP contribution is -2.66. The summed E-state index contributed by atoms with van der Waals surface area (Å²) in [6.07, 6.45) is 8.99. The Morgan fingerprint density at radius 2 is 1.75 bits per heavy atom. The van der Waals surface area contributed by atoms with Crippen LogP contribution in [0.5, 0.6) is 0 Å². The Kier molecular flexibility index (Phi) is 6.02. The van der Waals surface area contributed by atoms with Crippen molar-refractivity contribution >= 4 is 11.6 Å². The van der Waals surface area contributed by atoms with Crippen LogP contribution in [-0.4, -0.2) is 55.1 Å². The molecule has 0 aromatic heterocycles. The van der Waals surface area contributed by atoms with Crippen LogP contribution < -0.4 is 0 Å². The molecule has 6 unspecified atom stereocenters. The fourth-order valence-corrected chi connectivity index (χ4v) is 6.45. The number of ether oxygens (including phenoxy) is 2. The first-order valence-corrected chi connectivity index (χ1v) is 12.1. The zero-order valence-electron chi connectivity index (χ0n) is 21.5. The highest BCUT2D eigenvalue weighted by atomic mass is 16.7. The average molecular weight is 499 g/mol. The van der Waals surface area contributed by atoms with Gasteiger partial charge in [-0.25, -0.2) is 0 Å². The zero-order valence-corrected chi connectivity index (χ0v) is 21.5. The standard InChI is InChI=1S/C28H34O8/c1-7-9-10-12-18(29)20-21(31)15(3)23(32)27(6)22(20)26(5)24-17(14-25(4,33)28(26,34)36-27)19(30)13-16(35-24)11-8-2/h7-12,16,22,29,31,33-34H,13-14H2,1-6H3. The van der Waals surface area contributed by atoms with Gasteiger partial charge in [-0.05, 0) is 53.7 Å². The summed E-state index contributed by atoms with van der Waals surface area (Å²) in [5.41, 5.74) is -5.44. The molecule has 2 aliphatic carbocycles. The predicted octanol–water partition coefficient (Wildman–Crippen LogP) is 3.79. The number of hydrogen-bond donors (Lipinski definition) is 4. The van der Waals surface area contributed by atoms with Crippen LogP contribution in [-0.2, 0) is 19.1 Å². The number of ketones is 2. The predicted molar refractivity (Wildman–Crippen MR) is 132 cm³/mol. The molecule has 36 heavy (non-hydrogen) atoms. The van der Waals surface area contributed by atoms with Crippen molar-refractivity contribution in [2.45, 2.75) is 77.5 Å². The van der Waals surface area contributed by atoms with E-state index in [0.29, 0.717) is 0 Å². The summed E-state index contributed by atoms with van der Waals surface area (Å²) in [7, 11) is 0. The molecule has 194 valence electrons. The molecule has 6 atom stereocenters. The molecule has 4 aliphatic rings. The van der Waals surface area contributed by atoms with Crippen LogP contribution in [0.2, 0.25) is 0 Å². The molecule has 0 bridgehead atoms. The Morgan fingerprint density at radius 3 is 2.36 bits per heavy atom. The van der Waals surface area contributed by atoms with Gasteiger partial charge in [0.05, 0.1) is 11.8 Å². The van der Waals surface area contributed by atoms with Crippen LogP contribution >= 0.6 is 0 Å². The Morgan fingerprint density at radius 1 is 1.08 bits per heavy atom. The highest BCUT2D eigenvalue weighted by Gasteiger charge is 2.80. The maximum Gasteiger partial charge on any atom is 0.209 e. The van der Waals surface area contributed by atoms with Crippen molar-refractivity contribution in [3.05, 3.63) is 70.5 Å². The van der Waals surface area contributed by atoms with Gasteiger partial charge in [-0.2, -0.15) is 0 Å². The lowest BCUT2D eigenvalue weighted by Gasteiger charge is -2.54. The van der Waals surface area contributed by atoms with E-state index < -0.39 is 46.0 Å². The molecule has 2 aliphatic heterocycles. The van der Waals surface area contributed by atoms with Crippen molar-refractivity contribution in [1.29, 1.82) is 0 Å². The number of rotatable bonds is 3. The number of fused-ring (bicyclic) bond motifs is 4. The summed E-state index contributed by atoms with van der Waals surface area (Å²) >= 11 is 0. The Hall–Kier alpha value is -2.94. The van der Waals surface area contributed by atoms with Crippen molar-refractivity contribution in [3.8, 4) is 0 Å². The second-order valence-corrected chi connectivity index (χ2v) is 10.5. The minimum absolute atomic E-state index is 0.0393. The highest BCUT2D eigenvalue weighted by Crippen LogP contribution is 2.69. The van der Waals surface area contributed by atoms with E-state index in [-0.39, 0.29) is 46.9 Å². The van der Waals surface area contributed by atoms with E-state index >= 15 is 0 Å². The number of allylic oxidation sites excluding steroid dienone is 6. The smallest absolute Gasteiger partial charge is 0.209 e. The van der Waals surface area contributed by atoms with Crippen molar-refractivity contribution in [3.63, 3.8) is 0 Å². The summed E-state index contributed by atoms with van der Waals surface area (Å²) in [5.74, 6) is -5.18. The van der Waals surface area contributed by atoms with Gasteiger partial charge in [-0.1, -0.05) is 24.3 Å². The van der Waals surface area contributed by atoms with Gasteiger partial charge in [-0.15, -0.1) is 0 Å². The molecular weight excluding hydrogens is 464 g/mol. The molecule has 8 nitrogen and oxygen atoms in total. The first-order chi connectivity index (χ1) is 16.7. The minimum atomic E-state index is -2.41. The van der Waals surface area contributed by atoms with E-state index in [9.17, 15) is 30.0 Å². The van der Waals surface area contributed by atoms with Crippen LogP contribution in [0.25, 0.3) is 0 Å². The number of carbonyl (C=O) groups excluding carboxylic acids is 2. The number of hydrogen-bond acceptors (Lipinski definition) is 8. The number of Topliss-reactive ketones (excluding diaryl/α,β-unsaturated/α-hetero) is 2. The van der Waals surface area contributed by atoms with E-state index in [1.807, 2.05) is 0 Å². The monoisotopic (exact) mass is 498 g/mol. The normalized spacial score (nSPS) is 42.3. The SMILES string of the molecule is CC=CC=CC(O)=C1C(O)=C(C)C(=O)C2(C)OC3(O)C(C)(O)CC4=C(OC(C=CC)CC4=O)C3(C)C12. The lowest BCUT2D eigenvalue weighted by atomic mass is 9.53. The summed E-state index contributed by atoms with van der Waals surface area (Å²) in [6.45, 7) is 9.35. The summed E-state index contributed by atoms with van der Waals surface area (Å²) in [4.78, 5) is 26.8. The summed E-state index contributed by atoms with van der Waals surface area (Å²) < 4.78 is 12.4. The lowest BCUT2D eigenvalue weighted by molar-refractivity contribution is -0.332. The number of aliphatic hydroxyl groups is 4. The largest absolute Gasteiger partial charge is 0.508 e. The summed E-state index contributed by atoms with van der Waals surface area (Å²) in [5, 5.41) is 46.0. The third-order valence-electron chi connectivity index (χ3n) is 8.11. The molecule has 0 spiro atoms. The van der Waals surface area contributed by atoms with Gasteiger partial charge in [0.25, 0.3) is 0 Å². The quantitative estimate of drug-likeness (QED) is 0.262. The van der Waals surface area contributed by atoms with E-state index in [1.54, 1.807) is 51.2 Å².